The first-order valence-corrected chi connectivity index (χ1v) is 8.26. The van der Waals surface area contributed by atoms with Gasteiger partial charge in [0.05, 0.1) is 12.5 Å². The highest BCUT2D eigenvalue weighted by Gasteiger charge is 2.14. The fraction of sp³-hybridized carbons (Fsp3) is 0.211. The molecule has 3 rings (SSSR count). The summed E-state index contributed by atoms with van der Waals surface area (Å²) in [5, 5.41) is 14.1. The van der Waals surface area contributed by atoms with Gasteiger partial charge in [0.25, 0.3) is 0 Å². The van der Waals surface area contributed by atoms with Crippen molar-refractivity contribution in [1.82, 2.24) is 9.88 Å². The summed E-state index contributed by atoms with van der Waals surface area (Å²) >= 11 is 5.92. The Balaban J connectivity index is 1.62. The number of carbonyl (C=O) groups is 1. The molecule has 130 valence electrons. The van der Waals surface area contributed by atoms with Crippen molar-refractivity contribution in [2.24, 2.45) is 7.05 Å². The molecule has 0 aliphatic carbocycles. The van der Waals surface area contributed by atoms with Crippen LogP contribution in [0.1, 0.15) is 17.2 Å². The minimum Gasteiger partial charge on any atom is -0.387 e. The maximum atomic E-state index is 13.7. The number of fused-ring (bicyclic) bond motifs is 1. The minimum atomic E-state index is -0.843. The number of nitrogens with zero attached hydrogens (tertiary/aromatic N) is 1. The van der Waals surface area contributed by atoms with E-state index < -0.39 is 17.8 Å². The minimum absolute atomic E-state index is 0.0449. The molecule has 1 amide bonds. The van der Waals surface area contributed by atoms with Gasteiger partial charge in [0.1, 0.15) is 5.82 Å². The second kappa shape index (κ2) is 7.25. The standard InChI is InChI=1S/C19H18ClFN2O2/c1-23-8-7-12-9-13(5-6-17(12)23)18(24)11-22-19(25)10-14-15(20)3-2-4-16(14)21/h2-9,18,24H,10-11H2,1H3,(H,22,25). The van der Waals surface area contributed by atoms with Gasteiger partial charge in [-0.3, -0.25) is 4.79 Å². The van der Waals surface area contributed by atoms with Crippen molar-refractivity contribution >= 4 is 28.4 Å². The fourth-order valence-corrected chi connectivity index (χ4v) is 2.99. The van der Waals surface area contributed by atoms with E-state index in [0.717, 1.165) is 10.9 Å². The van der Waals surface area contributed by atoms with Gasteiger partial charge in [-0.2, -0.15) is 0 Å². The van der Waals surface area contributed by atoms with Crippen LogP contribution in [-0.4, -0.2) is 22.1 Å². The molecular weight excluding hydrogens is 343 g/mol. The molecule has 4 nitrogen and oxygen atoms in total. The van der Waals surface area contributed by atoms with Crippen molar-refractivity contribution in [1.29, 1.82) is 0 Å². The number of aliphatic hydroxyl groups excluding tert-OH is 1. The lowest BCUT2D eigenvalue weighted by atomic mass is 10.1. The van der Waals surface area contributed by atoms with Crippen LogP contribution in [0.4, 0.5) is 4.39 Å². The van der Waals surface area contributed by atoms with Gasteiger partial charge in [0.15, 0.2) is 0 Å². The SMILES string of the molecule is Cn1ccc2cc(C(O)CNC(=O)Cc3c(F)cccc3Cl)ccc21. The second-order valence-corrected chi connectivity index (χ2v) is 6.35. The molecule has 1 heterocycles. The Morgan fingerprint density at radius 3 is 2.88 bits per heavy atom. The third kappa shape index (κ3) is 3.83. The average Bonchev–Trinajstić information content (AvgIpc) is 2.97. The van der Waals surface area contributed by atoms with Gasteiger partial charge in [-0.15, -0.1) is 0 Å². The van der Waals surface area contributed by atoms with Gasteiger partial charge in [-0.1, -0.05) is 23.7 Å². The van der Waals surface area contributed by atoms with Crippen LogP contribution in [-0.2, 0) is 18.3 Å². The molecule has 1 unspecified atom stereocenters. The molecule has 6 heteroatoms. The van der Waals surface area contributed by atoms with Crippen LogP contribution in [0, 0.1) is 5.82 Å². The van der Waals surface area contributed by atoms with Crippen LogP contribution in [0.2, 0.25) is 5.02 Å². The molecule has 0 spiro atoms. The molecule has 2 aromatic carbocycles. The monoisotopic (exact) mass is 360 g/mol. The number of carbonyl (C=O) groups excluding carboxylic acids is 1. The predicted octanol–water partition coefficient (Wildman–Crippen LogP) is 3.36. The number of aryl methyl sites for hydroxylation is 1. The van der Waals surface area contributed by atoms with Crippen molar-refractivity contribution in [3.05, 3.63) is 70.6 Å². The average molecular weight is 361 g/mol. The highest BCUT2D eigenvalue weighted by atomic mass is 35.5. The number of nitrogens with one attached hydrogen (secondary N) is 1. The largest absolute Gasteiger partial charge is 0.387 e. The molecule has 0 aliphatic heterocycles. The van der Waals surface area contributed by atoms with Crippen LogP contribution in [0.3, 0.4) is 0 Å². The van der Waals surface area contributed by atoms with Gasteiger partial charge in [-0.05, 0) is 41.3 Å². The van der Waals surface area contributed by atoms with Crippen molar-refractivity contribution in [3.8, 4) is 0 Å². The molecule has 1 atom stereocenters. The molecule has 3 aromatic rings. The first kappa shape index (κ1) is 17.5. The van der Waals surface area contributed by atoms with E-state index in [1.165, 1.54) is 18.2 Å². The molecule has 2 N–H and O–H groups in total. The van der Waals surface area contributed by atoms with Gasteiger partial charge < -0.3 is 15.0 Å². The number of aromatic nitrogens is 1. The topological polar surface area (TPSA) is 54.3 Å². The van der Waals surface area contributed by atoms with Crippen LogP contribution in [0.15, 0.2) is 48.7 Å². The fourth-order valence-electron chi connectivity index (χ4n) is 2.76. The highest BCUT2D eigenvalue weighted by Crippen LogP contribution is 2.21. The van der Waals surface area contributed by atoms with E-state index in [1.807, 2.05) is 42.1 Å². The summed E-state index contributed by atoms with van der Waals surface area (Å²) in [6.45, 7) is 0.0449. The first-order chi connectivity index (χ1) is 12.0. The molecule has 0 saturated carbocycles. The maximum Gasteiger partial charge on any atom is 0.224 e. The Labute approximate surface area is 149 Å². The number of hydrogen-bond acceptors (Lipinski definition) is 2. The number of hydrogen-bond donors (Lipinski definition) is 2. The van der Waals surface area contributed by atoms with Crippen LogP contribution in [0.25, 0.3) is 10.9 Å². The molecule has 0 bridgehead atoms. The summed E-state index contributed by atoms with van der Waals surface area (Å²) < 4.78 is 15.7. The van der Waals surface area contributed by atoms with E-state index in [2.05, 4.69) is 5.32 Å². The third-order valence-electron chi connectivity index (χ3n) is 4.19. The molecule has 0 aliphatic rings. The number of amides is 1. The summed E-state index contributed by atoms with van der Waals surface area (Å²) in [7, 11) is 1.95. The lowest BCUT2D eigenvalue weighted by Gasteiger charge is -2.13. The van der Waals surface area contributed by atoms with E-state index in [1.54, 1.807) is 0 Å². The van der Waals surface area contributed by atoms with E-state index in [9.17, 15) is 14.3 Å². The van der Waals surface area contributed by atoms with E-state index >= 15 is 0 Å². The molecule has 25 heavy (non-hydrogen) atoms. The molecule has 0 saturated heterocycles. The Hall–Kier alpha value is -2.37. The van der Waals surface area contributed by atoms with Gasteiger partial charge >= 0.3 is 0 Å². The van der Waals surface area contributed by atoms with Crippen molar-refractivity contribution in [2.45, 2.75) is 12.5 Å². The quantitative estimate of drug-likeness (QED) is 0.733. The predicted molar refractivity (Wildman–Crippen MR) is 96.0 cm³/mol. The molecule has 1 aromatic heterocycles. The zero-order valence-corrected chi connectivity index (χ0v) is 14.4. The summed E-state index contributed by atoms with van der Waals surface area (Å²) in [5.74, 6) is -0.912. The van der Waals surface area contributed by atoms with E-state index in [0.29, 0.717) is 5.56 Å². The van der Waals surface area contributed by atoms with E-state index in [4.69, 9.17) is 11.6 Å². The Kier molecular flexibility index (Phi) is 5.06. The zero-order chi connectivity index (χ0) is 18.0. The maximum absolute atomic E-state index is 13.7. The van der Waals surface area contributed by atoms with Crippen molar-refractivity contribution < 1.29 is 14.3 Å². The number of benzene rings is 2. The number of aliphatic hydroxyl groups is 1. The lowest BCUT2D eigenvalue weighted by Crippen LogP contribution is -2.30. The summed E-state index contributed by atoms with van der Waals surface area (Å²) in [6, 6.07) is 11.9. The normalized spacial score (nSPS) is 12.3. The molecular formula is C19H18ClFN2O2. The highest BCUT2D eigenvalue weighted by molar-refractivity contribution is 6.31. The first-order valence-electron chi connectivity index (χ1n) is 7.88. The van der Waals surface area contributed by atoms with Crippen LogP contribution >= 0.6 is 11.6 Å². The van der Waals surface area contributed by atoms with Crippen molar-refractivity contribution in [3.63, 3.8) is 0 Å². The van der Waals surface area contributed by atoms with Crippen molar-refractivity contribution in [2.75, 3.05) is 6.54 Å². The summed E-state index contributed by atoms with van der Waals surface area (Å²) in [6.07, 6.45) is 0.932. The van der Waals surface area contributed by atoms with Gasteiger partial charge in [0.2, 0.25) is 5.91 Å². The summed E-state index contributed by atoms with van der Waals surface area (Å²) in [5.41, 5.74) is 1.93. The second-order valence-electron chi connectivity index (χ2n) is 5.94. The van der Waals surface area contributed by atoms with Crippen LogP contribution in [0.5, 0.6) is 0 Å². The smallest absolute Gasteiger partial charge is 0.224 e. The Morgan fingerprint density at radius 2 is 2.12 bits per heavy atom. The third-order valence-corrected chi connectivity index (χ3v) is 4.54. The summed E-state index contributed by atoms with van der Waals surface area (Å²) in [4.78, 5) is 12.0. The molecule has 0 radical (unpaired) electrons. The van der Waals surface area contributed by atoms with E-state index in [-0.39, 0.29) is 23.6 Å². The van der Waals surface area contributed by atoms with Crippen LogP contribution < -0.4 is 5.32 Å². The Bertz CT molecular complexity index is 903. The van der Waals surface area contributed by atoms with Gasteiger partial charge in [0, 0.05) is 35.9 Å². The Morgan fingerprint density at radius 1 is 1.32 bits per heavy atom. The number of rotatable bonds is 5. The number of halogens is 2. The molecule has 0 fully saturated rings. The van der Waals surface area contributed by atoms with Gasteiger partial charge in [-0.25, -0.2) is 4.39 Å². The zero-order valence-electron chi connectivity index (χ0n) is 13.7. The lowest BCUT2D eigenvalue weighted by molar-refractivity contribution is -0.120.